The van der Waals surface area contributed by atoms with Gasteiger partial charge in [0.05, 0.1) is 36.6 Å². The molecule has 0 amide bonds. The van der Waals surface area contributed by atoms with Crippen molar-refractivity contribution in [2.45, 2.75) is 26.7 Å². The molecule has 2 aromatic carbocycles. The van der Waals surface area contributed by atoms with Crippen molar-refractivity contribution in [2.24, 2.45) is 0 Å². The molecule has 1 aliphatic heterocycles. The summed E-state index contributed by atoms with van der Waals surface area (Å²) in [5, 5.41) is 5.92. The molecule has 3 heterocycles. The summed E-state index contributed by atoms with van der Waals surface area (Å²) in [6.07, 6.45) is 0. The van der Waals surface area contributed by atoms with Crippen molar-refractivity contribution in [3.05, 3.63) is 70.5 Å². The number of rotatable bonds is 6. The first-order valence-corrected chi connectivity index (χ1v) is 13.1. The Morgan fingerprint density at radius 3 is 2.50 bits per heavy atom. The maximum atomic E-state index is 12.8. The Balaban J connectivity index is 1.72. The maximum absolute atomic E-state index is 12.8. The fourth-order valence-electron chi connectivity index (χ4n) is 4.55. The molecule has 8 heteroatoms. The smallest absolute Gasteiger partial charge is 0.357 e. The first-order valence-electron chi connectivity index (χ1n) is 12.3. The predicted octanol–water partition coefficient (Wildman–Crippen LogP) is 5.99. The van der Waals surface area contributed by atoms with Crippen molar-refractivity contribution in [3.63, 3.8) is 0 Å². The highest BCUT2D eigenvalue weighted by Gasteiger charge is 2.24. The zero-order valence-corrected chi connectivity index (χ0v) is 22.3. The molecule has 36 heavy (non-hydrogen) atoms. The van der Waals surface area contributed by atoms with Crippen LogP contribution in [0.4, 0.5) is 5.69 Å². The van der Waals surface area contributed by atoms with Crippen molar-refractivity contribution >= 4 is 38.6 Å². The molecule has 5 rings (SSSR count). The van der Waals surface area contributed by atoms with Gasteiger partial charge in [-0.15, -0.1) is 0 Å². The first-order chi connectivity index (χ1) is 17.5. The van der Waals surface area contributed by atoms with E-state index in [0.717, 1.165) is 64.4 Å². The van der Waals surface area contributed by atoms with Crippen LogP contribution >= 0.6 is 15.9 Å². The summed E-state index contributed by atoms with van der Waals surface area (Å²) in [6, 6.07) is 18.2. The van der Waals surface area contributed by atoms with Gasteiger partial charge < -0.3 is 14.4 Å². The molecule has 1 fully saturated rings. The fraction of sp³-hybridized carbons (Fsp3) is 0.321. The van der Waals surface area contributed by atoms with Crippen LogP contribution in [0.2, 0.25) is 0 Å². The highest BCUT2D eigenvalue weighted by atomic mass is 79.9. The van der Waals surface area contributed by atoms with Gasteiger partial charge in [-0.3, -0.25) is 0 Å². The molecule has 2 aromatic heterocycles. The van der Waals surface area contributed by atoms with Crippen molar-refractivity contribution in [1.29, 1.82) is 0 Å². The monoisotopic (exact) mass is 548 g/mol. The van der Waals surface area contributed by atoms with Gasteiger partial charge in [0, 0.05) is 23.2 Å². The maximum Gasteiger partial charge on any atom is 0.357 e. The SMILES string of the molecule is CCOC(=O)c1cc(-c2ccc(N3CCOCC3)cc2)c2c(C(C)C)nn(-c3cccc(Br)c3)c2n1. The molecule has 1 aliphatic rings. The zero-order chi connectivity index (χ0) is 25.2. The van der Waals surface area contributed by atoms with Gasteiger partial charge in [0.1, 0.15) is 0 Å². The Labute approximate surface area is 219 Å². The number of halogens is 1. The number of pyridine rings is 1. The van der Waals surface area contributed by atoms with Crippen LogP contribution in [0.3, 0.4) is 0 Å². The summed E-state index contributed by atoms with van der Waals surface area (Å²) in [4.78, 5) is 19.9. The van der Waals surface area contributed by atoms with Crippen molar-refractivity contribution < 1.29 is 14.3 Å². The van der Waals surface area contributed by atoms with Gasteiger partial charge in [0.15, 0.2) is 11.3 Å². The van der Waals surface area contributed by atoms with Crippen molar-refractivity contribution in [3.8, 4) is 16.8 Å². The summed E-state index contributed by atoms with van der Waals surface area (Å²) in [6.45, 7) is 9.56. The molecule has 0 aliphatic carbocycles. The number of benzene rings is 2. The molecule has 0 saturated carbocycles. The van der Waals surface area contributed by atoms with Crippen molar-refractivity contribution in [2.75, 3.05) is 37.8 Å². The largest absolute Gasteiger partial charge is 0.461 e. The second kappa shape index (κ2) is 10.4. The lowest BCUT2D eigenvalue weighted by Gasteiger charge is -2.29. The minimum Gasteiger partial charge on any atom is -0.461 e. The van der Waals surface area contributed by atoms with E-state index in [-0.39, 0.29) is 18.2 Å². The van der Waals surface area contributed by atoms with E-state index in [2.05, 4.69) is 58.9 Å². The Morgan fingerprint density at radius 2 is 1.83 bits per heavy atom. The Kier molecular flexibility index (Phi) is 7.07. The fourth-order valence-corrected chi connectivity index (χ4v) is 4.93. The molecule has 0 unspecified atom stereocenters. The molecule has 186 valence electrons. The van der Waals surface area contributed by atoms with Crippen LogP contribution in [0.25, 0.3) is 27.8 Å². The van der Waals surface area contributed by atoms with E-state index in [1.54, 1.807) is 6.92 Å². The predicted molar refractivity (Wildman–Crippen MR) is 145 cm³/mol. The van der Waals surface area contributed by atoms with Gasteiger partial charge in [-0.1, -0.05) is 48.0 Å². The minimum atomic E-state index is -0.446. The Bertz CT molecular complexity index is 1390. The van der Waals surface area contributed by atoms with Crippen LogP contribution in [-0.2, 0) is 9.47 Å². The quantitative estimate of drug-likeness (QED) is 0.276. The van der Waals surface area contributed by atoms with E-state index in [9.17, 15) is 4.79 Å². The number of ether oxygens (including phenoxy) is 2. The average molecular weight is 549 g/mol. The highest BCUT2D eigenvalue weighted by Crippen LogP contribution is 2.36. The summed E-state index contributed by atoms with van der Waals surface area (Å²) < 4.78 is 13.6. The van der Waals surface area contributed by atoms with Gasteiger partial charge in [-0.2, -0.15) is 5.10 Å². The number of carbonyl (C=O) groups excluding carboxylic acids is 1. The molecule has 1 saturated heterocycles. The number of hydrogen-bond donors (Lipinski definition) is 0. The van der Waals surface area contributed by atoms with Crippen molar-refractivity contribution in [1.82, 2.24) is 14.8 Å². The highest BCUT2D eigenvalue weighted by molar-refractivity contribution is 9.10. The second-order valence-electron chi connectivity index (χ2n) is 9.05. The number of aromatic nitrogens is 3. The van der Waals surface area contributed by atoms with E-state index in [1.165, 1.54) is 0 Å². The van der Waals surface area contributed by atoms with E-state index < -0.39 is 5.97 Å². The van der Waals surface area contributed by atoms with Crippen LogP contribution in [0.1, 0.15) is 42.9 Å². The third kappa shape index (κ3) is 4.75. The number of hydrogen-bond acceptors (Lipinski definition) is 6. The molecule has 0 atom stereocenters. The van der Waals surface area contributed by atoms with Crippen LogP contribution in [0, 0.1) is 0 Å². The summed E-state index contributed by atoms with van der Waals surface area (Å²) in [5.74, 6) is -0.291. The molecular weight excluding hydrogens is 520 g/mol. The third-order valence-corrected chi connectivity index (χ3v) is 6.80. The van der Waals surface area contributed by atoms with Gasteiger partial charge in [0.25, 0.3) is 0 Å². The first kappa shape index (κ1) is 24.5. The van der Waals surface area contributed by atoms with Gasteiger partial charge >= 0.3 is 5.97 Å². The molecule has 0 radical (unpaired) electrons. The van der Waals surface area contributed by atoms with E-state index in [0.29, 0.717) is 5.65 Å². The van der Waals surface area contributed by atoms with Crippen LogP contribution < -0.4 is 4.90 Å². The molecule has 7 nitrogen and oxygen atoms in total. The molecule has 0 spiro atoms. The molecular formula is C28H29BrN4O3. The second-order valence-corrected chi connectivity index (χ2v) is 9.97. The number of anilines is 1. The number of nitrogens with zero attached hydrogens (tertiary/aromatic N) is 4. The Hall–Kier alpha value is -3.23. The number of esters is 1. The zero-order valence-electron chi connectivity index (χ0n) is 20.7. The van der Waals surface area contributed by atoms with E-state index in [4.69, 9.17) is 19.6 Å². The van der Waals surface area contributed by atoms with E-state index in [1.807, 2.05) is 35.0 Å². The summed E-state index contributed by atoms with van der Waals surface area (Å²) in [5.41, 5.74) is 5.77. The molecule has 4 aromatic rings. The minimum absolute atomic E-state index is 0.155. The molecule has 0 bridgehead atoms. The lowest BCUT2D eigenvalue weighted by molar-refractivity contribution is 0.0520. The van der Waals surface area contributed by atoms with Gasteiger partial charge in [0.2, 0.25) is 0 Å². The lowest BCUT2D eigenvalue weighted by atomic mass is 9.97. The van der Waals surface area contributed by atoms with Crippen LogP contribution in [0.15, 0.2) is 59.1 Å². The molecule has 0 N–H and O–H groups in total. The third-order valence-electron chi connectivity index (χ3n) is 6.30. The Morgan fingerprint density at radius 1 is 1.08 bits per heavy atom. The number of carbonyl (C=O) groups is 1. The van der Waals surface area contributed by atoms with Crippen LogP contribution in [-0.4, -0.2) is 53.6 Å². The summed E-state index contributed by atoms with van der Waals surface area (Å²) in [7, 11) is 0. The van der Waals surface area contributed by atoms with Crippen LogP contribution in [0.5, 0.6) is 0 Å². The number of fused-ring (bicyclic) bond motifs is 1. The normalized spacial score (nSPS) is 14.0. The summed E-state index contributed by atoms with van der Waals surface area (Å²) >= 11 is 3.56. The van der Waals surface area contributed by atoms with Gasteiger partial charge in [-0.25, -0.2) is 14.5 Å². The van der Waals surface area contributed by atoms with E-state index >= 15 is 0 Å². The van der Waals surface area contributed by atoms with Gasteiger partial charge in [-0.05, 0) is 60.4 Å². The standard InChI is InChI=1S/C28H29BrN4O3/c1-4-36-28(34)24-17-23(19-8-10-21(11-9-19)32-12-14-35-15-13-32)25-26(18(2)3)31-33(27(25)30-24)22-7-5-6-20(29)16-22/h5-11,16-18H,4,12-15H2,1-3H3. The number of morpholine rings is 1. The average Bonchev–Trinajstić information content (AvgIpc) is 3.29. The lowest BCUT2D eigenvalue weighted by Crippen LogP contribution is -2.36. The topological polar surface area (TPSA) is 69.5 Å².